The predicted molar refractivity (Wildman–Crippen MR) is 93.7 cm³/mol. The van der Waals surface area contributed by atoms with Gasteiger partial charge >= 0.3 is 0 Å². The third kappa shape index (κ3) is 5.26. The Balaban J connectivity index is 2.11. The third-order valence-electron chi connectivity index (χ3n) is 3.95. The Bertz CT molecular complexity index is 749. The maximum atomic E-state index is 13.8. The fraction of sp³-hybridized carbons (Fsp3) is 0.444. The van der Waals surface area contributed by atoms with E-state index in [4.69, 9.17) is 4.74 Å². The summed E-state index contributed by atoms with van der Waals surface area (Å²) in [5, 5.41) is 0. The summed E-state index contributed by atoms with van der Waals surface area (Å²) in [4.78, 5) is 23.6. The second-order valence-electron chi connectivity index (χ2n) is 6.37. The summed E-state index contributed by atoms with van der Waals surface area (Å²) in [5.74, 6) is -1.99. The molecule has 0 aliphatic carbocycles. The number of likely N-dealkylation sites (N-methyl/N-ethyl adjacent to an activating group) is 1. The molecule has 0 spiro atoms. The lowest BCUT2D eigenvalue weighted by Crippen LogP contribution is -2.43. The Morgan fingerprint density at radius 1 is 1.31 bits per heavy atom. The van der Waals surface area contributed by atoms with Crippen molar-refractivity contribution in [3.63, 3.8) is 0 Å². The van der Waals surface area contributed by atoms with E-state index in [-0.39, 0.29) is 11.7 Å². The molecule has 142 valence electrons. The molecule has 1 N–H and O–H groups in total. The summed E-state index contributed by atoms with van der Waals surface area (Å²) < 4.78 is 32.2. The van der Waals surface area contributed by atoms with Crippen LogP contribution in [0.25, 0.3) is 0 Å². The molecule has 0 radical (unpaired) electrons. The van der Waals surface area contributed by atoms with E-state index in [9.17, 15) is 13.6 Å². The van der Waals surface area contributed by atoms with Gasteiger partial charge in [0.1, 0.15) is 5.82 Å². The van der Waals surface area contributed by atoms with Crippen molar-refractivity contribution < 1.29 is 18.3 Å². The lowest BCUT2D eigenvalue weighted by atomic mass is 10.2. The summed E-state index contributed by atoms with van der Waals surface area (Å²) in [6, 6.07) is 2.99. The van der Waals surface area contributed by atoms with E-state index < -0.39 is 17.7 Å². The second kappa shape index (κ2) is 8.75. The van der Waals surface area contributed by atoms with E-state index in [1.807, 2.05) is 25.9 Å². The Morgan fingerprint density at radius 3 is 2.62 bits per heavy atom. The molecule has 0 bridgehead atoms. The van der Waals surface area contributed by atoms with Crippen LogP contribution in [0.1, 0.15) is 18.3 Å². The van der Waals surface area contributed by atoms with E-state index in [1.54, 1.807) is 18.2 Å². The highest BCUT2D eigenvalue weighted by atomic mass is 19.1. The van der Waals surface area contributed by atoms with Gasteiger partial charge in [0.05, 0.1) is 18.6 Å². The largest absolute Gasteiger partial charge is 0.478 e. The van der Waals surface area contributed by atoms with Gasteiger partial charge in [0.25, 0.3) is 5.91 Å². The Labute approximate surface area is 151 Å². The number of benzene rings is 1. The summed E-state index contributed by atoms with van der Waals surface area (Å²) in [5.41, 5.74) is 1.64. The fourth-order valence-electron chi connectivity index (χ4n) is 2.38. The number of halogens is 2. The third-order valence-corrected chi connectivity index (χ3v) is 3.95. The molecule has 0 fully saturated rings. The maximum absolute atomic E-state index is 13.8. The first kappa shape index (κ1) is 19.8. The van der Waals surface area contributed by atoms with Crippen LogP contribution in [-0.2, 0) is 11.3 Å². The number of hydrogen-bond donors (Lipinski definition) is 1. The minimum Gasteiger partial charge on any atom is -0.478 e. The molecule has 1 aromatic heterocycles. The van der Waals surface area contributed by atoms with Crippen molar-refractivity contribution in [2.45, 2.75) is 26.5 Å². The summed E-state index contributed by atoms with van der Waals surface area (Å²) in [6.45, 7) is 4.88. The molecule has 0 saturated heterocycles. The Hall–Kier alpha value is -2.48. The number of imidazole rings is 1. The number of carbonyl (C=O) groups excluding carboxylic acids is 1. The first-order valence-corrected chi connectivity index (χ1v) is 8.32. The molecule has 6 nitrogen and oxygen atoms in total. The van der Waals surface area contributed by atoms with Crippen LogP contribution in [0.3, 0.4) is 0 Å². The summed E-state index contributed by atoms with van der Waals surface area (Å²) in [7, 11) is 3.83. The quantitative estimate of drug-likeness (QED) is 0.779. The minimum absolute atomic E-state index is 0.157. The SMILES string of the molecule is Cc1[nH]cnc1CN(CCN(C)C)C(=O)C(C)Oc1ccc(F)cc1F. The predicted octanol–water partition coefficient (Wildman–Crippen LogP) is 2.35. The van der Waals surface area contributed by atoms with E-state index in [0.717, 1.165) is 23.5 Å². The number of nitrogens with zero attached hydrogens (tertiary/aromatic N) is 3. The van der Waals surface area contributed by atoms with Crippen molar-refractivity contribution in [1.29, 1.82) is 0 Å². The van der Waals surface area contributed by atoms with Crippen molar-refractivity contribution in [2.75, 3.05) is 27.2 Å². The van der Waals surface area contributed by atoms with Crippen molar-refractivity contribution in [3.05, 3.63) is 47.5 Å². The number of aromatic amines is 1. The van der Waals surface area contributed by atoms with Gasteiger partial charge < -0.3 is 19.5 Å². The zero-order valence-electron chi connectivity index (χ0n) is 15.4. The van der Waals surface area contributed by atoms with E-state index in [1.165, 1.54) is 6.07 Å². The van der Waals surface area contributed by atoms with Crippen LogP contribution in [0.5, 0.6) is 5.75 Å². The summed E-state index contributed by atoms with van der Waals surface area (Å²) in [6.07, 6.45) is 0.656. The van der Waals surface area contributed by atoms with Crippen LogP contribution in [0.4, 0.5) is 8.78 Å². The zero-order valence-corrected chi connectivity index (χ0v) is 15.4. The molecule has 0 saturated carbocycles. The van der Waals surface area contributed by atoms with Gasteiger partial charge in [-0.05, 0) is 40.1 Å². The average molecular weight is 366 g/mol. The number of amides is 1. The van der Waals surface area contributed by atoms with Crippen LogP contribution in [0.15, 0.2) is 24.5 Å². The van der Waals surface area contributed by atoms with Crippen molar-refractivity contribution in [2.24, 2.45) is 0 Å². The number of nitrogens with one attached hydrogen (secondary N) is 1. The molecular formula is C18H24F2N4O2. The van der Waals surface area contributed by atoms with Gasteiger partial charge in [-0.15, -0.1) is 0 Å². The normalized spacial score (nSPS) is 12.3. The van der Waals surface area contributed by atoms with Crippen molar-refractivity contribution >= 4 is 5.91 Å². The molecule has 0 aliphatic heterocycles. The van der Waals surface area contributed by atoms with Crippen LogP contribution in [-0.4, -0.2) is 59.0 Å². The standard InChI is InChI=1S/C18H24F2N4O2/c1-12-16(22-11-21-12)10-24(8-7-23(3)4)18(25)13(2)26-17-6-5-14(19)9-15(17)20/h5-6,9,11,13H,7-8,10H2,1-4H3,(H,21,22). The molecule has 1 heterocycles. The van der Waals surface area contributed by atoms with Gasteiger partial charge in [-0.3, -0.25) is 4.79 Å². The zero-order chi connectivity index (χ0) is 19.3. The van der Waals surface area contributed by atoms with Gasteiger partial charge in [-0.25, -0.2) is 13.8 Å². The molecule has 0 aliphatic rings. The monoisotopic (exact) mass is 366 g/mol. The van der Waals surface area contributed by atoms with E-state index in [2.05, 4.69) is 9.97 Å². The van der Waals surface area contributed by atoms with Crippen molar-refractivity contribution in [1.82, 2.24) is 19.8 Å². The second-order valence-corrected chi connectivity index (χ2v) is 6.37. The molecule has 1 atom stereocenters. The lowest BCUT2D eigenvalue weighted by molar-refractivity contribution is -0.138. The number of aryl methyl sites for hydroxylation is 1. The highest BCUT2D eigenvalue weighted by Crippen LogP contribution is 2.20. The number of aromatic nitrogens is 2. The van der Waals surface area contributed by atoms with Crippen LogP contribution >= 0.6 is 0 Å². The Kier molecular flexibility index (Phi) is 6.68. The fourth-order valence-corrected chi connectivity index (χ4v) is 2.38. The maximum Gasteiger partial charge on any atom is 0.263 e. The van der Waals surface area contributed by atoms with Crippen molar-refractivity contribution in [3.8, 4) is 5.75 Å². The molecule has 1 aromatic carbocycles. The summed E-state index contributed by atoms with van der Waals surface area (Å²) >= 11 is 0. The molecular weight excluding hydrogens is 342 g/mol. The highest BCUT2D eigenvalue weighted by molar-refractivity contribution is 5.81. The van der Waals surface area contributed by atoms with Gasteiger partial charge in [0.2, 0.25) is 0 Å². The number of carbonyl (C=O) groups is 1. The van der Waals surface area contributed by atoms with E-state index >= 15 is 0 Å². The van der Waals surface area contributed by atoms with Gasteiger partial charge in [-0.2, -0.15) is 0 Å². The minimum atomic E-state index is -0.920. The number of hydrogen-bond acceptors (Lipinski definition) is 4. The number of ether oxygens (including phenoxy) is 1. The smallest absolute Gasteiger partial charge is 0.263 e. The van der Waals surface area contributed by atoms with Gasteiger partial charge in [0, 0.05) is 24.8 Å². The highest BCUT2D eigenvalue weighted by Gasteiger charge is 2.24. The molecule has 8 heteroatoms. The first-order valence-electron chi connectivity index (χ1n) is 8.32. The number of H-pyrrole nitrogens is 1. The molecule has 2 aromatic rings. The molecule has 1 amide bonds. The molecule has 1 unspecified atom stereocenters. The average Bonchev–Trinajstić information content (AvgIpc) is 2.98. The lowest BCUT2D eigenvalue weighted by Gasteiger charge is -2.27. The van der Waals surface area contributed by atoms with Crippen LogP contribution in [0.2, 0.25) is 0 Å². The topological polar surface area (TPSA) is 61.5 Å². The Morgan fingerprint density at radius 2 is 2.04 bits per heavy atom. The van der Waals surface area contributed by atoms with E-state index in [0.29, 0.717) is 19.6 Å². The molecule has 26 heavy (non-hydrogen) atoms. The van der Waals surface area contributed by atoms with Gasteiger partial charge in [0.15, 0.2) is 17.7 Å². The molecule has 2 rings (SSSR count). The van der Waals surface area contributed by atoms with Crippen LogP contribution in [0, 0.1) is 18.6 Å². The van der Waals surface area contributed by atoms with Crippen LogP contribution < -0.4 is 4.74 Å². The van der Waals surface area contributed by atoms with Gasteiger partial charge in [-0.1, -0.05) is 0 Å². The first-order chi connectivity index (χ1) is 12.3. The number of rotatable bonds is 8.